The zero-order chi connectivity index (χ0) is 20.9. The fourth-order valence-corrected chi connectivity index (χ4v) is 4.37. The Morgan fingerprint density at radius 1 is 1.32 bits per heavy atom. The fourth-order valence-electron chi connectivity index (χ4n) is 3.26. The van der Waals surface area contributed by atoms with Crippen molar-refractivity contribution in [3.05, 3.63) is 16.1 Å². The van der Waals surface area contributed by atoms with Crippen LogP contribution in [0.25, 0.3) is 0 Å². The number of ether oxygens (including phenoxy) is 4. The molecular weight excluding hydrogens is 384 g/mol. The van der Waals surface area contributed by atoms with E-state index in [-0.39, 0.29) is 25.1 Å². The molecule has 158 valence electrons. The van der Waals surface area contributed by atoms with Crippen molar-refractivity contribution in [2.75, 3.05) is 34.5 Å². The topological polar surface area (TPSA) is 87.2 Å². The maximum atomic E-state index is 13.0. The van der Waals surface area contributed by atoms with Crippen molar-refractivity contribution < 1.29 is 28.5 Å². The normalized spacial score (nSPS) is 22.4. The third kappa shape index (κ3) is 5.21. The second-order valence-electron chi connectivity index (χ2n) is 7.83. The van der Waals surface area contributed by atoms with Crippen LogP contribution < -0.4 is 0 Å². The van der Waals surface area contributed by atoms with Crippen LogP contribution in [-0.4, -0.2) is 68.1 Å². The average Bonchev–Trinajstić information content (AvgIpc) is 3.24. The van der Waals surface area contributed by atoms with Crippen molar-refractivity contribution in [2.24, 2.45) is 0 Å². The van der Waals surface area contributed by atoms with Crippen molar-refractivity contribution >= 4 is 23.4 Å². The number of rotatable bonds is 7. The SMILES string of the molecule is COC[C@@]1(c2ncc(CCC(=O)OC)s2)C[C@H](OC)CN1C(=O)OC(C)(C)C. The van der Waals surface area contributed by atoms with Gasteiger partial charge in [0.2, 0.25) is 0 Å². The van der Waals surface area contributed by atoms with E-state index in [4.69, 9.17) is 18.9 Å². The van der Waals surface area contributed by atoms with Crippen molar-refractivity contribution in [1.82, 2.24) is 9.88 Å². The van der Waals surface area contributed by atoms with Gasteiger partial charge in [-0.3, -0.25) is 9.69 Å². The molecule has 1 aliphatic heterocycles. The minimum absolute atomic E-state index is 0.148. The predicted octanol–water partition coefficient (Wildman–Crippen LogP) is 2.75. The van der Waals surface area contributed by atoms with Crippen molar-refractivity contribution in [3.63, 3.8) is 0 Å². The molecule has 2 atom stereocenters. The van der Waals surface area contributed by atoms with Gasteiger partial charge in [-0.05, 0) is 27.2 Å². The Labute approximate surface area is 170 Å². The van der Waals surface area contributed by atoms with Gasteiger partial charge in [0.25, 0.3) is 0 Å². The maximum absolute atomic E-state index is 13.0. The van der Waals surface area contributed by atoms with Gasteiger partial charge in [0, 0.05) is 31.7 Å². The molecule has 1 aromatic rings. The minimum Gasteiger partial charge on any atom is -0.469 e. The van der Waals surface area contributed by atoms with Crippen LogP contribution in [0.4, 0.5) is 4.79 Å². The summed E-state index contributed by atoms with van der Waals surface area (Å²) in [6, 6.07) is 0. The van der Waals surface area contributed by atoms with Crippen LogP contribution in [0.3, 0.4) is 0 Å². The Morgan fingerprint density at radius 3 is 2.61 bits per heavy atom. The molecule has 1 saturated heterocycles. The first-order valence-electron chi connectivity index (χ1n) is 9.19. The van der Waals surface area contributed by atoms with Gasteiger partial charge in [-0.25, -0.2) is 9.78 Å². The summed E-state index contributed by atoms with van der Waals surface area (Å²) in [5.41, 5.74) is -1.39. The molecule has 0 spiro atoms. The number of hydrogen-bond donors (Lipinski definition) is 0. The van der Waals surface area contributed by atoms with Gasteiger partial charge in [-0.2, -0.15) is 0 Å². The van der Waals surface area contributed by atoms with Crippen molar-refractivity contribution in [2.45, 2.75) is 57.3 Å². The highest BCUT2D eigenvalue weighted by Gasteiger charge is 2.52. The summed E-state index contributed by atoms with van der Waals surface area (Å²) >= 11 is 1.47. The first kappa shape index (κ1) is 22.6. The smallest absolute Gasteiger partial charge is 0.411 e. The number of carbonyl (C=O) groups excluding carboxylic acids is 2. The van der Waals surface area contributed by atoms with Gasteiger partial charge in [-0.15, -0.1) is 11.3 Å². The summed E-state index contributed by atoms with van der Waals surface area (Å²) in [5, 5.41) is 0.750. The number of likely N-dealkylation sites (tertiary alicyclic amines) is 1. The highest BCUT2D eigenvalue weighted by Crippen LogP contribution is 2.43. The molecule has 1 aromatic heterocycles. The van der Waals surface area contributed by atoms with E-state index >= 15 is 0 Å². The summed E-state index contributed by atoms with van der Waals surface area (Å²) in [7, 11) is 4.60. The Kier molecular flexibility index (Phi) is 7.41. The average molecular weight is 415 g/mol. The molecule has 0 aromatic carbocycles. The van der Waals surface area contributed by atoms with E-state index < -0.39 is 17.2 Å². The number of thiazole rings is 1. The highest BCUT2D eigenvalue weighted by atomic mass is 32.1. The van der Waals surface area contributed by atoms with Gasteiger partial charge in [0.05, 0.1) is 32.8 Å². The molecular formula is C19H30N2O6S. The lowest BCUT2D eigenvalue weighted by atomic mass is 9.97. The number of carbonyl (C=O) groups is 2. The van der Waals surface area contributed by atoms with E-state index in [0.29, 0.717) is 19.4 Å². The first-order chi connectivity index (χ1) is 13.1. The summed E-state index contributed by atoms with van der Waals surface area (Å²) in [4.78, 5) is 31.6. The van der Waals surface area contributed by atoms with Gasteiger partial charge in [0.1, 0.15) is 16.1 Å². The molecule has 0 N–H and O–H groups in total. The lowest BCUT2D eigenvalue weighted by Gasteiger charge is -2.36. The number of amides is 1. The van der Waals surface area contributed by atoms with E-state index in [2.05, 4.69) is 4.98 Å². The van der Waals surface area contributed by atoms with E-state index in [1.165, 1.54) is 18.4 Å². The number of nitrogens with zero attached hydrogens (tertiary/aromatic N) is 2. The Balaban J connectivity index is 2.33. The first-order valence-corrected chi connectivity index (χ1v) is 10.0. The van der Waals surface area contributed by atoms with Crippen LogP contribution in [-0.2, 0) is 35.7 Å². The Morgan fingerprint density at radius 2 is 2.04 bits per heavy atom. The zero-order valence-electron chi connectivity index (χ0n) is 17.4. The van der Waals surface area contributed by atoms with E-state index in [0.717, 1.165) is 9.88 Å². The van der Waals surface area contributed by atoms with Gasteiger partial charge in [0.15, 0.2) is 0 Å². The Hall–Kier alpha value is -1.71. The molecule has 8 nitrogen and oxygen atoms in total. The number of aromatic nitrogens is 1. The molecule has 28 heavy (non-hydrogen) atoms. The lowest BCUT2D eigenvalue weighted by molar-refractivity contribution is -0.140. The van der Waals surface area contributed by atoms with Crippen LogP contribution >= 0.6 is 11.3 Å². The molecule has 1 amide bonds. The predicted molar refractivity (Wildman–Crippen MR) is 104 cm³/mol. The van der Waals surface area contributed by atoms with Crippen LogP contribution in [0, 0.1) is 0 Å². The lowest BCUT2D eigenvalue weighted by Crippen LogP contribution is -2.49. The van der Waals surface area contributed by atoms with E-state index in [1.807, 2.05) is 20.8 Å². The molecule has 2 rings (SSSR count). The van der Waals surface area contributed by atoms with Crippen LogP contribution in [0.1, 0.15) is 43.5 Å². The molecule has 0 aliphatic carbocycles. The van der Waals surface area contributed by atoms with E-state index in [1.54, 1.807) is 25.3 Å². The number of methoxy groups -OCH3 is 3. The molecule has 0 saturated carbocycles. The molecule has 9 heteroatoms. The number of aryl methyl sites for hydroxylation is 1. The molecule has 1 fully saturated rings. The van der Waals surface area contributed by atoms with Crippen molar-refractivity contribution in [3.8, 4) is 0 Å². The minimum atomic E-state index is -0.772. The van der Waals surface area contributed by atoms with Crippen LogP contribution in [0.2, 0.25) is 0 Å². The molecule has 0 bridgehead atoms. The zero-order valence-corrected chi connectivity index (χ0v) is 18.3. The molecule has 0 radical (unpaired) electrons. The summed E-state index contributed by atoms with van der Waals surface area (Å²) in [5.74, 6) is -0.266. The molecule has 1 aliphatic rings. The molecule has 2 heterocycles. The van der Waals surface area contributed by atoms with Gasteiger partial charge < -0.3 is 18.9 Å². The van der Waals surface area contributed by atoms with Crippen LogP contribution in [0.15, 0.2) is 6.20 Å². The summed E-state index contributed by atoms with van der Waals surface area (Å²) in [6.07, 6.45) is 2.55. The second kappa shape index (κ2) is 9.19. The maximum Gasteiger partial charge on any atom is 0.411 e. The largest absolute Gasteiger partial charge is 0.469 e. The Bertz CT molecular complexity index is 686. The summed E-state index contributed by atoms with van der Waals surface area (Å²) in [6.45, 7) is 6.17. The molecule has 0 unspecified atom stereocenters. The van der Waals surface area contributed by atoms with Crippen LogP contribution in [0.5, 0.6) is 0 Å². The van der Waals surface area contributed by atoms with E-state index in [9.17, 15) is 9.59 Å². The van der Waals surface area contributed by atoms with Gasteiger partial charge in [-0.1, -0.05) is 0 Å². The second-order valence-corrected chi connectivity index (χ2v) is 8.94. The summed E-state index contributed by atoms with van der Waals surface area (Å²) < 4.78 is 21.4. The quantitative estimate of drug-likeness (QED) is 0.634. The number of hydrogen-bond acceptors (Lipinski definition) is 8. The fraction of sp³-hybridized carbons (Fsp3) is 0.737. The third-order valence-corrected chi connectivity index (χ3v) is 5.80. The third-order valence-electron chi connectivity index (χ3n) is 4.55. The van der Waals surface area contributed by atoms with Gasteiger partial charge >= 0.3 is 12.1 Å². The van der Waals surface area contributed by atoms with Crippen molar-refractivity contribution in [1.29, 1.82) is 0 Å². The standard InChI is InChI=1S/C19H30N2O6S/c1-18(2,3)27-17(23)21-11-13(25-5)9-19(21,12-24-4)16-20-10-14(28-16)7-8-15(22)26-6/h10,13H,7-9,11-12H2,1-6H3/t13-,19+/m0/s1. The highest BCUT2D eigenvalue weighted by molar-refractivity contribution is 7.11. The number of esters is 1. The monoisotopic (exact) mass is 414 g/mol.